The highest BCUT2D eigenvalue weighted by atomic mass is 16.5. The van der Waals surface area contributed by atoms with Gasteiger partial charge in [-0.05, 0) is 6.92 Å². The minimum atomic E-state index is 0.363. The smallest absolute Gasteiger partial charge is 0.139 e. The fraction of sp³-hybridized carbons (Fsp3) is 0.750. The molecular weight excluding hydrogens is 92.1 g/mol. The van der Waals surface area contributed by atoms with E-state index >= 15 is 0 Å². The van der Waals surface area contributed by atoms with E-state index in [1.807, 2.05) is 0 Å². The van der Waals surface area contributed by atoms with E-state index in [2.05, 4.69) is 9.73 Å². The number of ether oxygens (including phenoxy) is 1. The Balaban J connectivity index is 3.08. The Morgan fingerprint density at radius 2 is 2.43 bits per heavy atom. The summed E-state index contributed by atoms with van der Waals surface area (Å²) < 4.78 is 4.59. The zero-order valence-corrected chi connectivity index (χ0v) is 4.64. The van der Waals surface area contributed by atoms with Crippen molar-refractivity contribution in [1.29, 1.82) is 0 Å². The van der Waals surface area contributed by atoms with Gasteiger partial charge in [-0.1, -0.05) is 0 Å². The zero-order valence-electron chi connectivity index (χ0n) is 4.64. The van der Waals surface area contributed by atoms with Gasteiger partial charge in [0.15, 0.2) is 0 Å². The number of amidine groups is 1. The summed E-state index contributed by atoms with van der Waals surface area (Å²) in [7, 11) is 1.58. The molecule has 0 bridgehead atoms. The first-order valence-corrected chi connectivity index (χ1v) is 2.03. The molecule has 0 rings (SSSR count). The lowest BCUT2D eigenvalue weighted by atomic mass is 10.7. The average Bonchev–Trinajstić information content (AvgIpc) is 1.61. The Hall–Kier alpha value is -0.570. The van der Waals surface area contributed by atoms with E-state index in [4.69, 9.17) is 5.73 Å². The fourth-order valence-corrected chi connectivity index (χ4v) is 0.166. The Morgan fingerprint density at radius 1 is 1.86 bits per heavy atom. The molecule has 0 aliphatic carbocycles. The minimum absolute atomic E-state index is 0.363. The van der Waals surface area contributed by atoms with Crippen molar-refractivity contribution < 1.29 is 4.74 Å². The molecular formula is C4H10N2O. The molecule has 0 aromatic rings. The number of methoxy groups -OCH3 is 1. The van der Waals surface area contributed by atoms with Gasteiger partial charge in [-0.15, -0.1) is 0 Å². The molecule has 0 unspecified atom stereocenters. The molecule has 0 amide bonds. The maximum Gasteiger partial charge on any atom is 0.139 e. The third-order valence-electron chi connectivity index (χ3n) is 0.443. The number of hydrogen-bond donors (Lipinski definition) is 1. The number of aliphatic imine (C=N–C) groups is 1. The molecule has 0 fully saturated rings. The zero-order chi connectivity index (χ0) is 5.70. The monoisotopic (exact) mass is 102 g/mol. The van der Waals surface area contributed by atoms with Crippen LogP contribution in [0.4, 0.5) is 0 Å². The van der Waals surface area contributed by atoms with Crippen molar-refractivity contribution in [3.05, 3.63) is 0 Å². The Bertz CT molecular complexity index is 66.1. The van der Waals surface area contributed by atoms with Gasteiger partial charge < -0.3 is 10.5 Å². The Morgan fingerprint density at radius 3 is 2.57 bits per heavy atom. The number of rotatable bonds is 2. The highest BCUT2D eigenvalue weighted by Crippen LogP contribution is 1.68. The Kier molecular flexibility index (Phi) is 3.32. The molecule has 2 N–H and O–H groups in total. The van der Waals surface area contributed by atoms with E-state index in [0.29, 0.717) is 12.6 Å². The molecule has 0 aromatic heterocycles. The highest BCUT2D eigenvalue weighted by Gasteiger charge is 1.72. The fourth-order valence-electron chi connectivity index (χ4n) is 0.166. The largest absolute Gasteiger partial charge is 0.388 e. The molecule has 42 valence electrons. The molecule has 0 atom stereocenters. The van der Waals surface area contributed by atoms with Gasteiger partial charge in [0.2, 0.25) is 0 Å². The van der Waals surface area contributed by atoms with Crippen LogP contribution < -0.4 is 5.73 Å². The van der Waals surface area contributed by atoms with Crippen LogP contribution in [-0.4, -0.2) is 19.7 Å². The van der Waals surface area contributed by atoms with Crippen molar-refractivity contribution >= 4 is 5.84 Å². The molecule has 0 aliphatic rings. The SMILES string of the molecule is COCN=C(C)N. The summed E-state index contributed by atoms with van der Waals surface area (Å²) >= 11 is 0. The third kappa shape index (κ3) is 5.43. The average molecular weight is 102 g/mol. The minimum Gasteiger partial charge on any atom is -0.388 e. The van der Waals surface area contributed by atoms with Crippen LogP contribution in [0.5, 0.6) is 0 Å². The van der Waals surface area contributed by atoms with Gasteiger partial charge in [0.25, 0.3) is 0 Å². The van der Waals surface area contributed by atoms with E-state index in [1.54, 1.807) is 14.0 Å². The predicted octanol–water partition coefficient (Wildman–Crippen LogP) is -0.0326. The van der Waals surface area contributed by atoms with Crippen LogP contribution in [0, 0.1) is 0 Å². The van der Waals surface area contributed by atoms with Crippen molar-refractivity contribution in [3.8, 4) is 0 Å². The molecule has 0 radical (unpaired) electrons. The first-order chi connectivity index (χ1) is 3.27. The maximum atomic E-state index is 5.15. The van der Waals surface area contributed by atoms with E-state index in [0.717, 1.165) is 0 Å². The van der Waals surface area contributed by atoms with E-state index in [-0.39, 0.29) is 0 Å². The number of nitrogens with two attached hydrogens (primary N) is 1. The number of nitrogens with zero attached hydrogens (tertiary/aromatic N) is 1. The van der Waals surface area contributed by atoms with Crippen molar-refractivity contribution in [2.24, 2.45) is 10.7 Å². The number of hydrogen-bond acceptors (Lipinski definition) is 2. The van der Waals surface area contributed by atoms with E-state index in [1.165, 1.54) is 0 Å². The summed E-state index contributed by atoms with van der Waals surface area (Å²) in [4.78, 5) is 3.72. The van der Waals surface area contributed by atoms with Crippen molar-refractivity contribution in [2.45, 2.75) is 6.92 Å². The van der Waals surface area contributed by atoms with Crippen LogP contribution in [-0.2, 0) is 4.74 Å². The summed E-state index contributed by atoms with van der Waals surface area (Å²) in [5, 5.41) is 0. The summed E-state index contributed by atoms with van der Waals surface area (Å²) in [6, 6.07) is 0. The second-order valence-electron chi connectivity index (χ2n) is 1.22. The molecule has 0 heterocycles. The molecule has 0 aromatic carbocycles. The van der Waals surface area contributed by atoms with Gasteiger partial charge in [-0.2, -0.15) is 0 Å². The first kappa shape index (κ1) is 6.43. The van der Waals surface area contributed by atoms with Crippen molar-refractivity contribution in [1.82, 2.24) is 0 Å². The van der Waals surface area contributed by atoms with Crippen LogP contribution in [0.2, 0.25) is 0 Å². The van der Waals surface area contributed by atoms with Gasteiger partial charge in [0.1, 0.15) is 6.73 Å². The quantitative estimate of drug-likeness (QED) is 0.393. The summed E-state index contributed by atoms with van der Waals surface area (Å²) in [6.45, 7) is 2.08. The van der Waals surface area contributed by atoms with Crippen molar-refractivity contribution in [3.63, 3.8) is 0 Å². The molecule has 3 heteroatoms. The molecule has 0 aliphatic heterocycles. The second-order valence-corrected chi connectivity index (χ2v) is 1.22. The second kappa shape index (κ2) is 3.61. The standard InChI is InChI=1S/C4H10N2O/c1-4(5)6-3-7-2/h3H2,1-2H3,(H2,5,6). The van der Waals surface area contributed by atoms with Crippen LogP contribution in [0.25, 0.3) is 0 Å². The predicted molar refractivity (Wildman–Crippen MR) is 29.2 cm³/mol. The summed E-state index contributed by atoms with van der Waals surface area (Å²) in [5.41, 5.74) is 5.15. The first-order valence-electron chi connectivity index (χ1n) is 2.03. The van der Waals surface area contributed by atoms with Gasteiger partial charge in [0, 0.05) is 7.11 Å². The topological polar surface area (TPSA) is 47.6 Å². The van der Waals surface area contributed by atoms with Crippen LogP contribution in [0.15, 0.2) is 4.99 Å². The normalized spacial score (nSPS) is 12.0. The molecule has 0 spiro atoms. The van der Waals surface area contributed by atoms with Crippen LogP contribution >= 0.6 is 0 Å². The van der Waals surface area contributed by atoms with Gasteiger partial charge >= 0.3 is 0 Å². The van der Waals surface area contributed by atoms with Gasteiger partial charge in [0.05, 0.1) is 5.84 Å². The summed E-state index contributed by atoms with van der Waals surface area (Å²) in [6.07, 6.45) is 0. The van der Waals surface area contributed by atoms with Gasteiger partial charge in [-0.3, -0.25) is 0 Å². The van der Waals surface area contributed by atoms with Gasteiger partial charge in [-0.25, -0.2) is 4.99 Å². The maximum absolute atomic E-state index is 5.15. The third-order valence-corrected chi connectivity index (χ3v) is 0.443. The van der Waals surface area contributed by atoms with E-state index in [9.17, 15) is 0 Å². The van der Waals surface area contributed by atoms with Crippen LogP contribution in [0.1, 0.15) is 6.92 Å². The van der Waals surface area contributed by atoms with Crippen molar-refractivity contribution in [2.75, 3.05) is 13.8 Å². The highest BCUT2D eigenvalue weighted by molar-refractivity contribution is 5.77. The lowest BCUT2D eigenvalue weighted by molar-refractivity contribution is 0.209. The molecule has 3 nitrogen and oxygen atoms in total. The molecule has 7 heavy (non-hydrogen) atoms. The lowest BCUT2D eigenvalue weighted by Gasteiger charge is -1.88. The summed E-state index contributed by atoms with van der Waals surface area (Å²) in [5.74, 6) is 0.557. The lowest BCUT2D eigenvalue weighted by Crippen LogP contribution is -2.06. The Labute approximate surface area is 43.2 Å². The molecule has 0 saturated carbocycles. The molecule has 0 saturated heterocycles. The van der Waals surface area contributed by atoms with Crippen LogP contribution in [0.3, 0.4) is 0 Å². The van der Waals surface area contributed by atoms with E-state index < -0.39 is 0 Å².